The Bertz CT molecular complexity index is 1090. The van der Waals surface area contributed by atoms with Gasteiger partial charge in [-0.2, -0.15) is 0 Å². The number of hydrogen-bond donors (Lipinski definition) is 2. The van der Waals surface area contributed by atoms with Crippen LogP contribution in [-0.2, 0) is 30.0 Å². The maximum absolute atomic E-state index is 14.3. The number of nitrogens with zero attached hydrogens (tertiary/aromatic N) is 2. The van der Waals surface area contributed by atoms with Gasteiger partial charge in [-0.15, -0.1) is 6.58 Å². The highest BCUT2D eigenvalue weighted by Gasteiger charge is 2.39. The Balaban J connectivity index is 1.55. The molecule has 5 nitrogen and oxygen atoms in total. The summed E-state index contributed by atoms with van der Waals surface area (Å²) in [5, 5.41) is 6.86. The highest BCUT2D eigenvalue weighted by molar-refractivity contribution is 5.51. The molecule has 0 bridgehead atoms. The largest absolute Gasteiger partial charge is 0.388 e. The van der Waals surface area contributed by atoms with Crippen molar-refractivity contribution in [2.75, 3.05) is 18.5 Å². The number of nitrogens with one attached hydrogen (secondary N) is 2. The summed E-state index contributed by atoms with van der Waals surface area (Å²) < 4.78 is 34.5. The number of alkyl halides is 2. The van der Waals surface area contributed by atoms with Gasteiger partial charge in [0.2, 0.25) is 0 Å². The monoisotopic (exact) mass is 482 g/mol. The minimum Gasteiger partial charge on any atom is -0.388 e. The quantitative estimate of drug-likeness (QED) is 0.291. The number of benzene rings is 1. The van der Waals surface area contributed by atoms with Gasteiger partial charge >= 0.3 is 0 Å². The number of fused-ring (bicyclic) bond motifs is 1. The molecule has 1 aliphatic carbocycles. The van der Waals surface area contributed by atoms with Crippen LogP contribution < -0.4 is 10.6 Å². The number of aryl methyl sites for hydroxylation is 1. The van der Waals surface area contributed by atoms with Crippen LogP contribution in [0, 0.1) is 6.92 Å². The molecule has 0 spiro atoms. The van der Waals surface area contributed by atoms with Gasteiger partial charge in [-0.3, -0.25) is 0 Å². The average Bonchev–Trinajstić information content (AvgIpc) is 3.43. The summed E-state index contributed by atoms with van der Waals surface area (Å²) in [6, 6.07) is 5.19. The Morgan fingerprint density at radius 3 is 2.83 bits per heavy atom. The van der Waals surface area contributed by atoms with Gasteiger partial charge in [0, 0.05) is 49.4 Å². The molecule has 2 heterocycles. The van der Waals surface area contributed by atoms with Crippen LogP contribution in [0.3, 0.4) is 0 Å². The molecule has 35 heavy (non-hydrogen) atoms. The van der Waals surface area contributed by atoms with Crippen molar-refractivity contribution in [3.63, 3.8) is 0 Å². The summed E-state index contributed by atoms with van der Waals surface area (Å²) in [6.07, 6.45) is 4.63. The van der Waals surface area contributed by atoms with Crippen molar-refractivity contribution in [2.45, 2.75) is 77.4 Å². The molecule has 1 aromatic carbocycles. The third-order valence-corrected chi connectivity index (χ3v) is 6.73. The summed E-state index contributed by atoms with van der Waals surface area (Å²) in [6.45, 7) is 14.0. The molecule has 188 valence electrons. The molecular weight excluding hydrogens is 446 g/mol. The predicted octanol–water partition coefficient (Wildman–Crippen LogP) is 6.29. The van der Waals surface area contributed by atoms with Crippen LogP contribution in [0.4, 0.5) is 14.6 Å². The first-order valence-corrected chi connectivity index (χ1v) is 12.5. The zero-order valence-corrected chi connectivity index (χ0v) is 20.9. The van der Waals surface area contributed by atoms with Crippen molar-refractivity contribution in [2.24, 2.45) is 0 Å². The van der Waals surface area contributed by atoms with Gasteiger partial charge in [-0.05, 0) is 57.1 Å². The van der Waals surface area contributed by atoms with E-state index in [0.717, 1.165) is 66.1 Å². The number of aromatic nitrogens is 2. The van der Waals surface area contributed by atoms with E-state index in [2.05, 4.69) is 23.8 Å². The molecule has 1 atom stereocenters. The van der Waals surface area contributed by atoms with Crippen molar-refractivity contribution in [1.29, 1.82) is 0 Å². The number of anilines is 1. The number of halogens is 2. The minimum atomic E-state index is -2.75. The van der Waals surface area contributed by atoms with Crippen LogP contribution in [0.25, 0.3) is 0 Å². The predicted molar refractivity (Wildman–Crippen MR) is 136 cm³/mol. The van der Waals surface area contributed by atoms with Crippen LogP contribution in [0.1, 0.15) is 78.9 Å². The Hall–Kier alpha value is -2.80. The second kappa shape index (κ2) is 10.9. The summed E-state index contributed by atoms with van der Waals surface area (Å²) in [5.74, 6) is -1.37. The molecule has 0 saturated carbocycles. The van der Waals surface area contributed by atoms with Crippen molar-refractivity contribution < 1.29 is 13.5 Å². The van der Waals surface area contributed by atoms with E-state index in [0.29, 0.717) is 31.8 Å². The third-order valence-electron chi connectivity index (χ3n) is 6.73. The van der Waals surface area contributed by atoms with Crippen molar-refractivity contribution in [3.8, 4) is 0 Å². The van der Waals surface area contributed by atoms with Crippen LogP contribution in [0.5, 0.6) is 0 Å². The zero-order chi connectivity index (χ0) is 25.0. The van der Waals surface area contributed by atoms with Gasteiger partial charge in [0.05, 0.1) is 11.8 Å². The average molecular weight is 483 g/mol. The van der Waals surface area contributed by atoms with Crippen LogP contribution in [-0.4, -0.2) is 23.1 Å². The molecular formula is C28H36F2N4O. The van der Waals surface area contributed by atoms with Gasteiger partial charge < -0.3 is 15.4 Å². The van der Waals surface area contributed by atoms with E-state index < -0.39 is 5.92 Å². The molecule has 7 heteroatoms. The van der Waals surface area contributed by atoms with Gasteiger partial charge in [-0.1, -0.05) is 30.4 Å². The molecule has 1 aliphatic heterocycles. The van der Waals surface area contributed by atoms with Crippen molar-refractivity contribution in [3.05, 3.63) is 76.4 Å². The number of hydrogen-bond acceptors (Lipinski definition) is 5. The fourth-order valence-corrected chi connectivity index (χ4v) is 5.01. The molecule has 1 saturated heterocycles. The lowest BCUT2D eigenvalue weighted by Crippen LogP contribution is -2.19. The molecule has 2 aromatic rings. The molecule has 2 aliphatic rings. The topological polar surface area (TPSA) is 59.1 Å². The van der Waals surface area contributed by atoms with Crippen LogP contribution >= 0.6 is 0 Å². The second-order valence-corrected chi connectivity index (χ2v) is 9.75. The summed E-state index contributed by atoms with van der Waals surface area (Å²) in [4.78, 5) is 9.47. The third kappa shape index (κ3) is 6.07. The van der Waals surface area contributed by atoms with Gasteiger partial charge in [0.1, 0.15) is 11.6 Å². The van der Waals surface area contributed by atoms with Crippen LogP contribution in [0.2, 0.25) is 0 Å². The van der Waals surface area contributed by atoms with Crippen LogP contribution in [0.15, 0.2) is 42.6 Å². The number of rotatable bonds is 11. The smallest absolute Gasteiger partial charge is 0.273 e. The second-order valence-electron chi connectivity index (χ2n) is 9.75. The summed E-state index contributed by atoms with van der Waals surface area (Å²) in [7, 11) is 0. The summed E-state index contributed by atoms with van der Waals surface area (Å²) in [5.41, 5.74) is 5.72. The number of ether oxygens (including phenoxy) is 1. The van der Waals surface area contributed by atoms with Crippen molar-refractivity contribution in [1.82, 2.24) is 15.3 Å². The lowest BCUT2D eigenvalue weighted by molar-refractivity contribution is -0.00184. The SMILES string of the molecule is C=C(C)CCCNC(=C)Cc1nc(C)nc(NCc2cccc3c2CCC3(F)F)c1C1CCCO1. The highest BCUT2D eigenvalue weighted by atomic mass is 19.3. The summed E-state index contributed by atoms with van der Waals surface area (Å²) >= 11 is 0. The lowest BCUT2D eigenvalue weighted by atomic mass is 10.0. The molecule has 4 rings (SSSR count). The molecule has 0 radical (unpaired) electrons. The first-order chi connectivity index (χ1) is 16.7. The maximum Gasteiger partial charge on any atom is 0.273 e. The van der Waals surface area contributed by atoms with E-state index in [9.17, 15) is 8.78 Å². The van der Waals surface area contributed by atoms with E-state index in [1.54, 1.807) is 12.1 Å². The molecule has 1 fully saturated rings. The fourth-order valence-electron chi connectivity index (χ4n) is 5.01. The molecule has 0 amide bonds. The van der Waals surface area contributed by atoms with Gasteiger partial charge in [-0.25, -0.2) is 18.7 Å². The minimum absolute atomic E-state index is 0.0878. The maximum atomic E-state index is 14.3. The molecule has 2 N–H and O–H groups in total. The lowest BCUT2D eigenvalue weighted by Gasteiger charge is -2.21. The first-order valence-electron chi connectivity index (χ1n) is 12.5. The number of allylic oxidation sites excluding steroid dienone is 2. The molecule has 1 unspecified atom stereocenters. The molecule has 1 aromatic heterocycles. The zero-order valence-electron chi connectivity index (χ0n) is 20.9. The Labute approximate surface area is 207 Å². The Morgan fingerprint density at radius 2 is 2.09 bits per heavy atom. The first kappa shape index (κ1) is 25.3. The van der Waals surface area contributed by atoms with Gasteiger partial charge in [0.25, 0.3) is 5.92 Å². The van der Waals surface area contributed by atoms with E-state index in [1.807, 2.05) is 19.9 Å². The van der Waals surface area contributed by atoms with E-state index >= 15 is 0 Å². The van der Waals surface area contributed by atoms with E-state index in [4.69, 9.17) is 14.7 Å². The van der Waals surface area contributed by atoms with Gasteiger partial charge in [0.15, 0.2) is 0 Å². The highest BCUT2D eigenvalue weighted by Crippen LogP contribution is 2.43. The van der Waals surface area contributed by atoms with E-state index in [-0.39, 0.29) is 18.1 Å². The van der Waals surface area contributed by atoms with E-state index in [1.165, 1.54) is 5.57 Å². The Kier molecular flexibility index (Phi) is 7.85. The fraction of sp³-hybridized carbons (Fsp3) is 0.500. The standard InChI is InChI=1S/C28H36F2N4O/c1-18(2)8-6-14-31-19(3)16-24-26(25-11-7-15-35-25)27(34-20(4)33-24)32-17-21-9-5-10-23-22(21)12-13-28(23,29)30/h5,9-10,25,31H,1,3,6-8,11-17H2,2,4H3,(H,32,33,34). The Morgan fingerprint density at radius 1 is 1.26 bits per heavy atom. The normalized spacial score (nSPS) is 18.3. The van der Waals surface area contributed by atoms with Crippen molar-refractivity contribution >= 4 is 5.82 Å².